The van der Waals surface area contributed by atoms with Crippen molar-refractivity contribution in [2.45, 2.75) is 64.5 Å². The number of ether oxygens (including phenoxy) is 1. The van der Waals surface area contributed by atoms with Crippen molar-refractivity contribution in [1.29, 1.82) is 0 Å². The lowest BCUT2D eigenvalue weighted by Gasteiger charge is -2.24. The number of nitrogens with one attached hydrogen (secondary N) is 1. The third kappa shape index (κ3) is 10.1. The van der Waals surface area contributed by atoms with Gasteiger partial charge in [-0.3, -0.25) is 11.3 Å². The van der Waals surface area contributed by atoms with E-state index >= 15 is 0 Å². The Balaban J connectivity index is 3.55. The summed E-state index contributed by atoms with van der Waals surface area (Å²) in [4.78, 5) is 0. The van der Waals surface area contributed by atoms with Crippen molar-refractivity contribution in [2.24, 2.45) is 5.84 Å². The molecule has 0 aliphatic heterocycles. The van der Waals surface area contributed by atoms with Gasteiger partial charge in [0.05, 0.1) is 12.2 Å². The van der Waals surface area contributed by atoms with Crippen LogP contribution in [0.2, 0.25) is 0 Å². The van der Waals surface area contributed by atoms with Crippen LogP contribution < -0.4 is 11.3 Å². The maximum atomic E-state index is 5.70. The van der Waals surface area contributed by atoms with Crippen LogP contribution in [0.5, 0.6) is 0 Å². The van der Waals surface area contributed by atoms with Gasteiger partial charge in [-0.15, -0.1) is 6.58 Å². The monoisotopic (exact) mass is 228 g/mol. The minimum absolute atomic E-state index is 0.0854. The Morgan fingerprint density at radius 1 is 1.31 bits per heavy atom. The lowest BCUT2D eigenvalue weighted by atomic mass is 10.1. The van der Waals surface area contributed by atoms with Gasteiger partial charge in [-0.1, -0.05) is 18.9 Å². The second kappa shape index (κ2) is 8.74. The second-order valence-corrected chi connectivity index (χ2v) is 5.21. The summed E-state index contributed by atoms with van der Waals surface area (Å²) in [7, 11) is 0. The Morgan fingerprint density at radius 2 is 2.00 bits per heavy atom. The van der Waals surface area contributed by atoms with Crippen molar-refractivity contribution in [3.63, 3.8) is 0 Å². The molecule has 0 rings (SSSR count). The predicted molar refractivity (Wildman–Crippen MR) is 70.1 cm³/mol. The fourth-order valence-electron chi connectivity index (χ4n) is 1.42. The summed E-state index contributed by atoms with van der Waals surface area (Å²) in [5.74, 6) is 5.50. The molecule has 0 aliphatic carbocycles. The van der Waals surface area contributed by atoms with E-state index in [1.54, 1.807) is 0 Å². The van der Waals surface area contributed by atoms with Gasteiger partial charge in [0.1, 0.15) is 0 Å². The average Bonchev–Trinajstić information content (AvgIpc) is 2.21. The van der Waals surface area contributed by atoms with Crippen LogP contribution in [0.4, 0.5) is 0 Å². The van der Waals surface area contributed by atoms with E-state index in [9.17, 15) is 0 Å². The van der Waals surface area contributed by atoms with Gasteiger partial charge in [-0.05, 0) is 40.0 Å². The molecular formula is C13H28N2O. The highest BCUT2D eigenvalue weighted by atomic mass is 16.5. The standard InChI is InChI=1S/C13H28N2O/c1-5-6-7-8-9-10-12(15-14)11-16-13(2,3)4/h5,12,15H,1,6-11,14H2,2-4H3. The molecule has 3 heteroatoms. The number of rotatable bonds is 9. The van der Waals surface area contributed by atoms with E-state index in [0.29, 0.717) is 6.61 Å². The number of nitrogens with two attached hydrogens (primary N) is 1. The van der Waals surface area contributed by atoms with Gasteiger partial charge < -0.3 is 4.74 Å². The maximum Gasteiger partial charge on any atom is 0.0640 e. The summed E-state index contributed by atoms with van der Waals surface area (Å²) in [6.45, 7) is 10.6. The molecule has 0 aromatic heterocycles. The number of unbranched alkanes of at least 4 members (excludes halogenated alkanes) is 3. The molecule has 3 nitrogen and oxygen atoms in total. The molecule has 0 saturated heterocycles. The minimum atomic E-state index is -0.0854. The van der Waals surface area contributed by atoms with Gasteiger partial charge in [0.15, 0.2) is 0 Å². The number of hydrazine groups is 1. The van der Waals surface area contributed by atoms with Crippen LogP contribution in [0.15, 0.2) is 12.7 Å². The quantitative estimate of drug-likeness (QED) is 0.276. The Hall–Kier alpha value is -0.380. The molecule has 1 unspecified atom stereocenters. The highest BCUT2D eigenvalue weighted by molar-refractivity contribution is 4.68. The minimum Gasteiger partial charge on any atom is -0.374 e. The molecule has 0 aromatic carbocycles. The molecule has 0 aromatic rings. The first kappa shape index (κ1) is 15.6. The van der Waals surface area contributed by atoms with Crippen molar-refractivity contribution in [3.8, 4) is 0 Å². The molecule has 0 heterocycles. The maximum absolute atomic E-state index is 5.70. The largest absolute Gasteiger partial charge is 0.374 e. The van der Waals surface area contributed by atoms with E-state index in [2.05, 4.69) is 32.8 Å². The Kier molecular flexibility index (Phi) is 8.53. The van der Waals surface area contributed by atoms with E-state index in [4.69, 9.17) is 10.6 Å². The lowest BCUT2D eigenvalue weighted by molar-refractivity contribution is -0.0156. The summed E-state index contributed by atoms with van der Waals surface area (Å²) in [6.07, 6.45) is 7.81. The Bertz CT molecular complexity index is 175. The van der Waals surface area contributed by atoms with Gasteiger partial charge in [0.2, 0.25) is 0 Å². The van der Waals surface area contributed by atoms with Gasteiger partial charge in [0, 0.05) is 6.04 Å². The average molecular weight is 228 g/mol. The van der Waals surface area contributed by atoms with Crippen LogP contribution in [-0.2, 0) is 4.74 Å². The van der Waals surface area contributed by atoms with Crippen molar-refractivity contribution in [3.05, 3.63) is 12.7 Å². The SMILES string of the molecule is C=CCCCCCC(COC(C)(C)C)NN. The molecular weight excluding hydrogens is 200 g/mol. The van der Waals surface area contributed by atoms with Crippen LogP contribution in [0.1, 0.15) is 52.9 Å². The van der Waals surface area contributed by atoms with Crippen molar-refractivity contribution < 1.29 is 4.74 Å². The normalized spacial score (nSPS) is 13.8. The number of allylic oxidation sites excluding steroid dienone is 1. The number of hydrogen-bond donors (Lipinski definition) is 2. The molecule has 0 saturated carbocycles. The summed E-state index contributed by atoms with van der Waals surface area (Å²) in [5.41, 5.74) is 2.74. The van der Waals surface area contributed by atoms with Crippen molar-refractivity contribution >= 4 is 0 Å². The van der Waals surface area contributed by atoms with Gasteiger partial charge in [0.25, 0.3) is 0 Å². The van der Waals surface area contributed by atoms with Gasteiger partial charge in [-0.2, -0.15) is 0 Å². The van der Waals surface area contributed by atoms with Crippen LogP contribution in [0.25, 0.3) is 0 Å². The molecule has 0 fully saturated rings. The van der Waals surface area contributed by atoms with E-state index in [-0.39, 0.29) is 11.6 Å². The molecule has 0 amide bonds. The summed E-state index contributed by atoms with van der Waals surface area (Å²) in [5, 5.41) is 0. The molecule has 0 spiro atoms. The highest BCUT2D eigenvalue weighted by Crippen LogP contribution is 2.10. The first-order chi connectivity index (χ1) is 7.49. The topological polar surface area (TPSA) is 47.3 Å². The van der Waals surface area contributed by atoms with E-state index in [1.165, 1.54) is 19.3 Å². The third-order valence-electron chi connectivity index (χ3n) is 2.41. The molecule has 0 aliphatic rings. The Labute approximate surface area is 100 Å². The van der Waals surface area contributed by atoms with Crippen LogP contribution in [0, 0.1) is 0 Å². The molecule has 96 valence electrons. The highest BCUT2D eigenvalue weighted by Gasteiger charge is 2.14. The smallest absolute Gasteiger partial charge is 0.0640 e. The molecule has 0 radical (unpaired) electrons. The molecule has 16 heavy (non-hydrogen) atoms. The van der Waals surface area contributed by atoms with Crippen molar-refractivity contribution in [1.82, 2.24) is 5.43 Å². The van der Waals surface area contributed by atoms with Gasteiger partial charge >= 0.3 is 0 Å². The zero-order valence-corrected chi connectivity index (χ0v) is 11.1. The third-order valence-corrected chi connectivity index (χ3v) is 2.41. The molecule has 1 atom stereocenters. The van der Waals surface area contributed by atoms with Crippen LogP contribution >= 0.6 is 0 Å². The molecule has 3 N–H and O–H groups in total. The Morgan fingerprint density at radius 3 is 2.50 bits per heavy atom. The van der Waals surface area contributed by atoms with E-state index in [0.717, 1.165) is 12.8 Å². The first-order valence-corrected chi connectivity index (χ1v) is 6.20. The van der Waals surface area contributed by atoms with E-state index < -0.39 is 0 Å². The second-order valence-electron chi connectivity index (χ2n) is 5.21. The zero-order valence-electron chi connectivity index (χ0n) is 11.1. The fourth-order valence-corrected chi connectivity index (χ4v) is 1.42. The zero-order chi connectivity index (χ0) is 12.4. The van der Waals surface area contributed by atoms with Crippen LogP contribution in [-0.4, -0.2) is 18.2 Å². The van der Waals surface area contributed by atoms with E-state index in [1.807, 2.05) is 6.08 Å². The molecule has 0 bridgehead atoms. The first-order valence-electron chi connectivity index (χ1n) is 6.20. The summed E-state index contributed by atoms with van der Waals surface area (Å²) < 4.78 is 5.70. The predicted octanol–water partition coefficient (Wildman–Crippen LogP) is 2.77. The van der Waals surface area contributed by atoms with Gasteiger partial charge in [-0.25, -0.2) is 0 Å². The lowest BCUT2D eigenvalue weighted by Crippen LogP contribution is -2.40. The number of hydrogen-bond acceptors (Lipinski definition) is 3. The fraction of sp³-hybridized carbons (Fsp3) is 0.846. The summed E-state index contributed by atoms with van der Waals surface area (Å²) >= 11 is 0. The van der Waals surface area contributed by atoms with Crippen molar-refractivity contribution in [2.75, 3.05) is 6.61 Å². The summed E-state index contributed by atoms with van der Waals surface area (Å²) in [6, 6.07) is 0.267. The van der Waals surface area contributed by atoms with Crippen LogP contribution in [0.3, 0.4) is 0 Å².